The molecule has 0 unspecified atom stereocenters. The fraction of sp³-hybridized carbons (Fsp3) is 0.389. The number of nitro benzene ring substituents is 1. The van der Waals surface area contributed by atoms with Gasteiger partial charge in [0.05, 0.1) is 59.6 Å². The Labute approximate surface area is 288 Å². The van der Waals surface area contributed by atoms with Gasteiger partial charge in [0.1, 0.15) is 0 Å². The van der Waals surface area contributed by atoms with E-state index >= 15 is 4.11 Å². The lowest BCUT2D eigenvalue weighted by molar-refractivity contribution is -0.385. The zero-order valence-electron chi connectivity index (χ0n) is 28.0. The molecule has 1 N–H and O–H groups in total. The van der Waals surface area contributed by atoms with E-state index in [1.807, 2.05) is 12.1 Å². The second-order valence-electron chi connectivity index (χ2n) is 14.0. The Hall–Kier alpha value is -4.79. The minimum absolute atomic E-state index is 0.0679. The molecule has 3 aliphatic heterocycles. The van der Waals surface area contributed by atoms with E-state index in [1.165, 1.54) is 40.9 Å². The van der Waals surface area contributed by atoms with E-state index in [4.69, 9.17) is 4.74 Å². The minimum atomic E-state index is -3.60. The number of ether oxygens (including phenoxy) is 1. The minimum Gasteiger partial charge on any atom is -0.394 e. The van der Waals surface area contributed by atoms with Crippen molar-refractivity contribution in [3.63, 3.8) is 0 Å². The van der Waals surface area contributed by atoms with Gasteiger partial charge in [0.2, 0.25) is 14.3 Å². The third kappa shape index (κ3) is 5.42. The number of aliphatic hydroxyl groups is 1. The molecule has 4 heterocycles. The number of halogens is 1. The number of likely N-dealkylation sites (tertiary alicyclic amines) is 1. The first-order valence-corrected chi connectivity index (χ1v) is 19.7. The Morgan fingerprint density at radius 3 is 2.58 bits per heavy atom. The molecule has 7 rings (SSSR count). The molecular weight excluding hydrogens is 662 g/mol. The van der Waals surface area contributed by atoms with Crippen molar-refractivity contribution in [2.24, 2.45) is 5.92 Å². The molecule has 260 valence electrons. The van der Waals surface area contributed by atoms with Crippen LogP contribution >= 0.6 is 0 Å². The second-order valence-corrected chi connectivity index (χ2v) is 17.8. The Bertz CT molecular complexity index is 2070. The molecule has 0 aliphatic carbocycles. The first-order chi connectivity index (χ1) is 23.8. The second kappa shape index (κ2) is 12.5. The molecule has 14 heteroatoms. The smallest absolute Gasteiger partial charge is 0.279 e. The van der Waals surface area contributed by atoms with Crippen molar-refractivity contribution in [3.8, 4) is 5.69 Å². The topological polar surface area (TPSA) is 148 Å². The Balaban J connectivity index is 1.24. The molecule has 0 bridgehead atoms. The molecule has 3 aromatic carbocycles. The zero-order chi connectivity index (χ0) is 35.5. The van der Waals surface area contributed by atoms with Crippen LogP contribution in [0.4, 0.5) is 15.5 Å². The normalized spacial score (nSPS) is 24.8. The highest BCUT2D eigenvalue weighted by atomic mass is 28.4. The summed E-state index contributed by atoms with van der Waals surface area (Å²) in [5, 5.41) is 27.3. The Morgan fingerprint density at radius 2 is 1.88 bits per heavy atom. The number of carbonyl (C=O) groups is 2. The lowest BCUT2D eigenvalue weighted by Crippen LogP contribution is -2.45. The van der Waals surface area contributed by atoms with E-state index in [0.717, 1.165) is 11.8 Å². The van der Waals surface area contributed by atoms with Crippen LogP contribution < -0.4 is 10.5 Å². The van der Waals surface area contributed by atoms with Gasteiger partial charge in [-0.2, -0.15) is 9.78 Å². The average Bonchev–Trinajstić information content (AvgIpc) is 3.75. The lowest BCUT2D eigenvalue weighted by atomic mass is 9.82. The predicted octanol–water partition coefficient (Wildman–Crippen LogP) is 4.99. The average molecular weight is 700 g/mol. The number of anilines is 1. The number of nitrogens with zero attached hydrogens (tertiary/aromatic N) is 5. The van der Waals surface area contributed by atoms with Crippen molar-refractivity contribution in [3.05, 3.63) is 105 Å². The molecule has 50 heavy (non-hydrogen) atoms. The highest BCUT2D eigenvalue weighted by Crippen LogP contribution is 2.60. The number of hydrogen-bond acceptors (Lipinski definition) is 8. The molecule has 0 radical (unpaired) electrons. The summed E-state index contributed by atoms with van der Waals surface area (Å²) in [6.07, 6.45) is 1.91. The molecule has 1 spiro atoms. The lowest BCUT2D eigenvalue weighted by Gasteiger charge is -2.31. The molecule has 5 atom stereocenters. The van der Waals surface area contributed by atoms with E-state index in [1.54, 1.807) is 54.4 Å². The standard InChI is InChI=1S/C36H38FN5O7Si/c1-22-33(50(2,3)37)31(18-32(44)39-16-6-8-27(39)21-43)49-36(22)29-17-26(42(47)48)14-15-30(29)40(35(36)46)20-23-10-12-25(13-11-23)41-34(45)28-9-5-4-7-24(28)19-38-41/h4-5,7,9-15,17,19,22,27,31,33,43H,6,8,16,18,20-21H2,1-3H3/t22-,27-,31+,33-,36+/m0/s1. The van der Waals surface area contributed by atoms with Gasteiger partial charge in [0.15, 0.2) is 5.60 Å². The summed E-state index contributed by atoms with van der Waals surface area (Å²) in [7, 11) is -3.60. The van der Waals surface area contributed by atoms with E-state index in [2.05, 4.69) is 5.10 Å². The molecular formula is C36H38FN5O7Si. The Morgan fingerprint density at radius 1 is 1.14 bits per heavy atom. The van der Waals surface area contributed by atoms with Crippen molar-refractivity contribution in [1.82, 2.24) is 14.7 Å². The first-order valence-electron chi connectivity index (χ1n) is 16.8. The number of amides is 2. The van der Waals surface area contributed by atoms with Crippen LogP contribution in [0.1, 0.15) is 37.3 Å². The van der Waals surface area contributed by atoms with Gasteiger partial charge in [0.25, 0.3) is 17.2 Å². The Kier molecular flexibility index (Phi) is 8.43. The largest absolute Gasteiger partial charge is 0.394 e. The summed E-state index contributed by atoms with van der Waals surface area (Å²) in [6.45, 7) is 5.17. The van der Waals surface area contributed by atoms with Crippen LogP contribution in [0.2, 0.25) is 18.6 Å². The zero-order valence-corrected chi connectivity index (χ0v) is 29.0. The predicted molar refractivity (Wildman–Crippen MR) is 186 cm³/mol. The van der Waals surface area contributed by atoms with E-state index in [9.17, 15) is 29.6 Å². The summed E-state index contributed by atoms with van der Waals surface area (Å²) in [4.78, 5) is 55.9. The molecule has 2 amide bonds. The summed E-state index contributed by atoms with van der Waals surface area (Å²) < 4.78 is 24.2. The van der Waals surface area contributed by atoms with Gasteiger partial charge < -0.3 is 23.8 Å². The van der Waals surface area contributed by atoms with Crippen molar-refractivity contribution < 1.29 is 28.5 Å². The third-order valence-electron chi connectivity index (χ3n) is 10.7. The van der Waals surface area contributed by atoms with E-state index in [-0.39, 0.29) is 48.3 Å². The van der Waals surface area contributed by atoms with Crippen LogP contribution in [0.15, 0.2) is 77.7 Å². The summed E-state index contributed by atoms with van der Waals surface area (Å²) in [5.41, 5.74) is -1.11. The maximum Gasteiger partial charge on any atom is 0.279 e. The molecule has 2 saturated heterocycles. The number of aliphatic hydroxyl groups excluding tert-OH is 1. The quantitative estimate of drug-likeness (QED) is 0.117. The van der Waals surface area contributed by atoms with Crippen LogP contribution in [-0.4, -0.2) is 70.2 Å². The number of aromatic nitrogens is 2. The SMILES string of the molecule is C[C@H]1[C@H]([Si](C)(C)F)[C@@H](CC(=O)N2CCC[C@H]2CO)O[C@]12C(=O)N(Cc1ccc(-n3ncc4ccccc4c3=O)cc1)c1ccc([N+](=O)[O-])cc12. The fourth-order valence-electron chi connectivity index (χ4n) is 8.35. The molecule has 1 aromatic heterocycles. The van der Waals surface area contributed by atoms with E-state index < -0.39 is 42.4 Å². The monoisotopic (exact) mass is 699 g/mol. The number of hydrogen-bond donors (Lipinski definition) is 1. The molecule has 2 fully saturated rings. The number of rotatable bonds is 8. The van der Waals surface area contributed by atoms with Gasteiger partial charge in [0, 0.05) is 41.1 Å². The summed E-state index contributed by atoms with van der Waals surface area (Å²) >= 11 is 0. The molecule has 12 nitrogen and oxygen atoms in total. The van der Waals surface area contributed by atoms with Gasteiger partial charge >= 0.3 is 0 Å². The van der Waals surface area contributed by atoms with Gasteiger partial charge in [-0.15, -0.1) is 0 Å². The van der Waals surface area contributed by atoms with Gasteiger partial charge in [-0.05, 0) is 55.8 Å². The van der Waals surface area contributed by atoms with E-state index in [0.29, 0.717) is 35.3 Å². The number of carbonyl (C=O) groups excluding carboxylic acids is 2. The van der Waals surface area contributed by atoms with Crippen LogP contribution in [0.25, 0.3) is 16.5 Å². The summed E-state index contributed by atoms with van der Waals surface area (Å²) in [6, 6.07) is 18.0. The van der Waals surface area contributed by atoms with Crippen molar-refractivity contribution in [2.45, 2.75) is 69.1 Å². The van der Waals surface area contributed by atoms with Gasteiger partial charge in [-0.1, -0.05) is 37.3 Å². The van der Waals surface area contributed by atoms with Crippen LogP contribution in [0.3, 0.4) is 0 Å². The van der Waals surface area contributed by atoms with Crippen molar-refractivity contribution >= 4 is 42.4 Å². The third-order valence-corrected chi connectivity index (χ3v) is 13.1. The van der Waals surface area contributed by atoms with Crippen molar-refractivity contribution in [2.75, 3.05) is 18.1 Å². The summed E-state index contributed by atoms with van der Waals surface area (Å²) in [5.74, 6) is -1.50. The number of non-ortho nitro benzene ring substituents is 1. The highest BCUT2D eigenvalue weighted by molar-refractivity contribution is 6.72. The van der Waals surface area contributed by atoms with Gasteiger partial charge in [-0.25, -0.2) is 0 Å². The number of nitro groups is 1. The van der Waals surface area contributed by atoms with Crippen LogP contribution in [0, 0.1) is 16.0 Å². The fourth-order valence-corrected chi connectivity index (χ4v) is 10.8. The highest BCUT2D eigenvalue weighted by Gasteiger charge is 2.67. The number of fused-ring (bicyclic) bond motifs is 3. The molecule has 3 aliphatic rings. The van der Waals surface area contributed by atoms with Gasteiger partial charge in [-0.3, -0.25) is 24.5 Å². The van der Waals surface area contributed by atoms with Crippen LogP contribution in [-0.2, 0) is 26.5 Å². The molecule has 0 saturated carbocycles. The maximum absolute atomic E-state index is 16.3. The molecule has 4 aromatic rings. The van der Waals surface area contributed by atoms with Crippen molar-refractivity contribution in [1.29, 1.82) is 0 Å². The first kappa shape index (κ1) is 33.7. The van der Waals surface area contributed by atoms with Crippen LogP contribution in [0.5, 0.6) is 0 Å². The number of benzene rings is 3. The maximum atomic E-state index is 16.3.